The fraction of sp³-hybridized carbons (Fsp3) is 0.731. The Labute approximate surface area is 212 Å². The SMILES string of the molecule is CN=C(NCCCCN1CCC(Cc2ccccc2)CC1)NC1CCN(C2CC2)CC1.I. The van der Waals surface area contributed by atoms with E-state index in [2.05, 4.69) is 55.8 Å². The molecule has 2 heterocycles. The van der Waals surface area contributed by atoms with E-state index in [0.29, 0.717) is 6.04 Å². The Hall–Kier alpha value is -0.860. The zero-order valence-corrected chi connectivity index (χ0v) is 22.3. The molecule has 1 aromatic rings. The van der Waals surface area contributed by atoms with Gasteiger partial charge in [-0.1, -0.05) is 30.3 Å². The summed E-state index contributed by atoms with van der Waals surface area (Å²) >= 11 is 0. The number of guanidine groups is 1. The van der Waals surface area contributed by atoms with Gasteiger partial charge in [0.1, 0.15) is 0 Å². The van der Waals surface area contributed by atoms with Crippen LogP contribution in [0.2, 0.25) is 0 Å². The lowest BCUT2D eigenvalue weighted by molar-refractivity contribution is 0.181. The van der Waals surface area contributed by atoms with Crippen molar-refractivity contribution >= 4 is 29.9 Å². The molecule has 0 unspecified atom stereocenters. The third-order valence-corrected chi connectivity index (χ3v) is 7.43. The summed E-state index contributed by atoms with van der Waals surface area (Å²) in [7, 11) is 1.90. The number of unbranched alkanes of at least 4 members (excludes halogenated alkanes) is 1. The first kappa shape index (κ1) is 25.8. The van der Waals surface area contributed by atoms with E-state index < -0.39 is 0 Å². The van der Waals surface area contributed by atoms with Crippen molar-refractivity contribution in [3.8, 4) is 0 Å². The number of halogens is 1. The maximum atomic E-state index is 4.45. The minimum Gasteiger partial charge on any atom is -0.356 e. The smallest absolute Gasteiger partial charge is 0.191 e. The van der Waals surface area contributed by atoms with Gasteiger partial charge in [0.25, 0.3) is 0 Å². The number of nitrogens with one attached hydrogen (secondary N) is 2. The normalized spacial score (nSPS) is 21.8. The Morgan fingerprint density at radius 1 is 0.938 bits per heavy atom. The van der Waals surface area contributed by atoms with Crippen molar-refractivity contribution in [2.45, 2.75) is 69.9 Å². The van der Waals surface area contributed by atoms with Gasteiger partial charge in [-0.3, -0.25) is 4.99 Å². The fourth-order valence-electron chi connectivity index (χ4n) is 5.27. The molecule has 2 N–H and O–H groups in total. The molecule has 1 aliphatic carbocycles. The summed E-state index contributed by atoms with van der Waals surface area (Å²) in [6.07, 6.45) is 11.8. The molecule has 2 saturated heterocycles. The van der Waals surface area contributed by atoms with Crippen LogP contribution in [-0.2, 0) is 6.42 Å². The van der Waals surface area contributed by atoms with Gasteiger partial charge in [0.2, 0.25) is 0 Å². The lowest BCUT2D eigenvalue weighted by atomic mass is 9.90. The van der Waals surface area contributed by atoms with E-state index in [0.717, 1.165) is 24.5 Å². The van der Waals surface area contributed by atoms with Crippen LogP contribution in [0.5, 0.6) is 0 Å². The van der Waals surface area contributed by atoms with Gasteiger partial charge in [-0.2, -0.15) is 0 Å². The van der Waals surface area contributed by atoms with Gasteiger partial charge in [-0.15, -0.1) is 24.0 Å². The van der Waals surface area contributed by atoms with Crippen LogP contribution < -0.4 is 10.6 Å². The Kier molecular flexibility index (Phi) is 11.1. The molecule has 1 saturated carbocycles. The third kappa shape index (κ3) is 8.49. The lowest BCUT2D eigenvalue weighted by Crippen LogP contribution is -2.49. The minimum absolute atomic E-state index is 0. The maximum Gasteiger partial charge on any atom is 0.191 e. The van der Waals surface area contributed by atoms with Crippen LogP contribution in [0.1, 0.15) is 56.9 Å². The van der Waals surface area contributed by atoms with Gasteiger partial charge < -0.3 is 20.4 Å². The van der Waals surface area contributed by atoms with Crippen molar-refractivity contribution in [1.29, 1.82) is 0 Å². The molecule has 2 aliphatic heterocycles. The van der Waals surface area contributed by atoms with Crippen molar-refractivity contribution < 1.29 is 0 Å². The average molecular weight is 554 g/mol. The minimum atomic E-state index is 0. The molecule has 32 heavy (non-hydrogen) atoms. The first-order valence-corrected chi connectivity index (χ1v) is 12.8. The zero-order valence-electron chi connectivity index (χ0n) is 20.0. The van der Waals surface area contributed by atoms with E-state index in [1.807, 2.05) is 7.05 Å². The highest BCUT2D eigenvalue weighted by molar-refractivity contribution is 14.0. The van der Waals surface area contributed by atoms with Crippen molar-refractivity contribution in [3.05, 3.63) is 35.9 Å². The van der Waals surface area contributed by atoms with E-state index in [1.165, 1.54) is 96.1 Å². The summed E-state index contributed by atoms with van der Waals surface area (Å²) in [5, 5.41) is 7.19. The molecule has 3 aliphatic rings. The molecule has 1 aromatic carbocycles. The zero-order chi connectivity index (χ0) is 21.3. The van der Waals surface area contributed by atoms with Gasteiger partial charge >= 0.3 is 0 Å². The van der Waals surface area contributed by atoms with Gasteiger partial charge in [0.15, 0.2) is 5.96 Å². The fourth-order valence-corrected chi connectivity index (χ4v) is 5.27. The lowest BCUT2D eigenvalue weighted by Gasteiger charge is -2.33. The summed E-state index contributed by atoms with van der Waals surface area (Å²) in [4.78, 5) is 9.80. The molecule has 0 amide bonds. The topological polar surface area (TPSA) is 42.9 Å². The summed E-state index contributed by atoms with van der Waals surface area (Å²) in [6, 6.07) is 12.5. The number of benzene rings is 1. The van der Waals surface area contributed by atoms with Gasteiger partial charge in [-0.05, 0) is 88.9 Å². The molecule has 180 valence electrons. The Morgan fingerprint density at radius 3 is 2.31 bits per heavy atom. The van der Waals surface area contributed by atoms with Crippen molar-refractivity contribution in [1.82, 2.24) is 20.4 Å². The number of nitrogens with zero attached hydrogens (tertiary/aromatic N) is 3. The number of hydrogen-bond donors (Lipinski definition) is 2. The number of rotatable bonds is 9. The Morgan fingerprint density at radius 2 is 1.66 bits per heavy atom. The van der Waals surface area contributed by atoms with E-state index in [1.54, 1.807) is 0 Å². The second kappa shape index (κ2) is 13.8. The number of hydrogen-bond acceptors (Lipinski definition) is 3. The molecule has 6 heteroatoms. The Balaban J connectivity index is 0.00000289. The van der Waals surface area contributed by atoms with Crippen LogP contribution in [0.15, 0.2) is 35.3 Å². The van der Waals surface area contributed by atoms with Crippen LogP contribution >= 0.6 is 24.0 Å². The standard InChI is InChI=1S/C26H43N5.HI/c1-27-26(29-24-13-19-31(20-14-24)25-9-10-25)28-15-5-6-16-30-17-11-23(12-18-30)21-22-7-3-2-4-8-22;/h2-4,7-8,23-25H,5-6,9-21H2,1H3,(H2,27,28,29);1H. The molecule has 0 atom stereocenters. The van der Waals surface area contributed by atoms with E-state index in [-0.39, 0.29) is 24.0 Å². The largest absolute Gasteiger partial charge is 0.356 e. The van der Waals surface area contributed by atoms with Crippen LogP contribution in [0, 0.1) is 5.92 Å². The van der Waals surface area contributed by atoms with E-state index in [4.69, 9.17) is 0 Å². The molecule has 0 spiro atoms. The van der Waals surface area contributed by atoms with Crippen LogP contribution in [0.3, 0.4) is 0 Å². The second-order valence-electron chi connectivity index (χ2n) is 9.87. The van der Waals surface area contributed by atoms with E-state index in [9.17, 15) is 0 Å². The quantitative estimate of drug-likeness (QED) is 0.209. The summed E-state index contributed by atoms with van der Waals surface area (Å²) in [6.45, 7) is 7.31. The van der Waals surface area contributed by atoms with Crippen LogP contribution in [0.4, 0.5) is 0 Å². The molecule has 3 fully saturated rings. The van der Waals surface area contributed by atoms with Gasteiger partial charge in [-0.25, -0.2) is 0 Å². The molecule has 0 radical (unpaired) electrons. The second-order valence-corrected chi connectivity index (χ2v) is 9.87. The molecular formula is C26H44IN5. The summed E-state index contributed by atoms with van der Waals surface area (Å²) < 4.78 is 0. The monoisotopic (exact) mass is 553 g/mol. The number of aliphatic imine (C=N–C) groups is 1. The maximum absolute atomic E-state index is 4.45. The van der Waals surface area contributed by atoms with Crippen molar-refractivity contribution in [2.24, 2.45) is 10.9 Å². The molecule has 0 bridgehead atoms. The molecule has 0 aromatic heterocycles. The highest BCUT2D eigenvalue weighted by atomic mass is 127. The predicted molar refractivity (Wildman–Crippen MR) is 146 cm³/mol. The highest BCUT2D eigenvalue weighted by Gasteiger charge is 2.31. The predicted octanol–water partition coefficient (Wildman–Crippen LogP) is 4.13. The third-order valence-electron chi connectivity index (χ3n) is 7.43. The summed E-state index contributed by atoms with van der Waals surface area (Å²) in [5.41, 5.74) is 1.50. The van der Waals surface area contributed by atoms with Crippen LogP contribution in [-0.4, -0.2) is 74.2 Å². The Bertz CT molecular complexity index is 662. The average Bonchev–Trinajstić information content (AvgIpc) is 3.66. The van der Waals surface area contributed by atoms with Gasteiger partial charge in [0.05, 0.1) is 0 Å². The van der Waals surface area contributed by atoms with Crippen LogP contribution in [0.25, 0.3) is 0 Å². The summed E-state index contributed by atoms with van der Waals surface area (Å²) in [5.74, 6) is 1.86. The highest BCUT2D eigenvalue weighted by Crippen LogP contribution is 2.29. The first-order valence-electron chi connectivity index (χ1n) is 12.8. The van der Waals surface area contributed by atoms with Gasteiger partial charge in [0, 0.05) is 38.8 Å². The number of piperidine rings is 2. The van der Waals surface area contributed by atoms with Crippen molar-refractivity contribution in [3.63, 3.8) is 0 Å². The van der Waals surface area contributed by atoms with Crippen molar-refractivity contribution in [2.75, 3.05) is 46.3 Å². The van der Waals surface area contributed by atoms with E-state index >= 15 is 0 Å². The molecular weight excluding hydrogens is 509 g/mol. The first-order chi connectivity index (χ1) is 15.3. The number of likely N-dealkylation sites (tertiary alicyclic amines) is 2. The molecule has 4 rings (SSSR count). The molecule has 5 nitrogen and oxygen atoms in total.